The van der Waals surface area contributed by atoms with Crippen molar-refractivity contribution < 1.29 is 9.18 Å². The molecule has 0 saturated carbocycles. The molecule has 2 aromatic heterocycles. The van der Waals surface area contributed by atoms with E-state index in [1.54, 1.807) is 12.1 Å². The number of primary amides is 1. The average molecular weight is 433 g/mol. The number of anilines is 1. The molecule has 1 atom stereocenters. The van der Waals surface area contributed by atoms with Crippen LogP contribution in [-0.2, 0) is 0 Å². The van der Waals surface area contributed by atoms with Crippen molar-refractivity contribution in [2.75, 3.05) is 18.4 Å². The first-order valence-electron chi connectivity index (χ1n) is 8.33. The summed E-state index contributed by atoms with van der Waals surface area (Å²) in [5, 5.41) is 6.58. The summed E-state index contributed by atoms with van der Waals surface area (Å²) in [5.41, 5.74) is 7.38. The van der Waals surface area contributed by atoms with Gasteiger partial charge in [-0.15, -0.1) is 0 Å². The topological polar surface area (TPSA) is 106 Å². The summed E-state index contributed by atoms with van der Waals surface area (Å²) in [6, 6.07) is 6.14. The fourth-order valence-corrected chi connectivity index (χ4v) is 3.10. The van der Waals surface area contributed by atoms with E-state index < -0.39 is 5.91 Å². The number of nitrogens with two attached hydrogens (primary N) is 1. The number of carbonyl (C=O) groups is 1. The maximum Gasteiger partial charge on any atom is 0.251 e. The quantitative estimate of drug-likeness (QED) is 0.529. The zero-order valence-corrected chi connectivity index (χ0v) is 16.1. The van der Waals surface area contributed by atoms with Gasteiger partial charge < -0.3 is 16.4 Å². The van der Waals surface area contributed by atoms with Crippen molar-refractivity contribution in [3.8, 4) is 0 Å². The lowest BCUT2D eigenvalue weighted by atomic mass is 10.1. The van der Waals surface area contributed by atoms with Gasteiger partial charge in [0.25, 0.3) is 5.91 Å². The van der Waals surface area contributed by atoms with E-state index in [-0.39, 0.29) is 17.4 Å². The monoisotopic (exact) mass is 432 g/mol. The number of carbonyl (C=O) groups excluding carboxylic acids is 1. The van der Waals surface area contributed by atoms with Gasteiger partial charge in [0.15, 0.2) is 5.82 Å². The van der Waals surface area contributed by atoms with Crippen LogP contribution in [0.5, 0.6) is 0 Å². The molecule has 0 aliphatic carbocycles. The van der Waals surface area contributed by atoms with E-state index >= 15 is 0 Å². The van der Waals surface area contributed by atoms with E-state index in [4.69, 9.17) is 5.73 Å². The lowest BCUT2D eigenvalue weighted by Crippen LogP contribution is -2.27. The lowest BCUT2D eigenvalue weighted by molar-refractivity contribution is 0.100. The Labute approximate surface area is 163 Å². The van der Waals surface area contributed by atoms with Crippen molar-refractivity contribution in [3.63, 3.8) is 0 Å². The van der Waals surface area contributed by atoms with Crippen LogP contribution in [0.1, 0.15) is 28.9 Å². The summed E-state index contributed by atoms with van der Waals surface area (Å²) < 4.78 is 14.0. The highest BCUT2D eigenvalue weighted by atomic mass is 79.9. The highest BCUT2D eigenvalue weighted by Gasteiger charge is 2.17. The number of rotatable bonds is 7. The highest BCUT2D eigenvalue weighted by molar-refractivity contribution is 9.10. The molecule has 0 spiro atoms. The minimum atomic E-state index is -0.585. The van der Waals surface area contributed by atoms with Gasteiger partial charge in [0.05, 0.1) is 16.1 Å². The van der Waals surface area contributed by atoms with Crippen LogP contribution in [0.4, 0.5) is 10.2 Å². The summed E-state index contributed by atoms with van der Waals surface area (Å²) in [4.78, 5) is 24.4. The third-order valence-corrected chi connectivity index (χ3v) is 4.65. The second kappa shape index (κ2) is 8.36. The molecule has 0 radical (unpaired) electrons. The normalized spacial score (nSPS) is 12.1. The molecule has 2 heterocycles. The average Bonchev–Trinajstić information content (AvgIpc) is 2.66. The standard InChI is InChI=1S/C18H18BrFN6O/c1-2-22-8-14(10-3-4-13(20)12(19)7-10)26-18-16-15(24-9-25-18)11(17(21)27)5-6-23-16/h3-7,9,14,22H,2,8H2,1H3,(H2,21,27)(H,24,25,26). The van der Waals surface area contributed by atoms with Crippen molar-refractivity contribution in [3.05, 3.63) is 58.2 Å². The second-order valence-electron chi connectivity index (χ2n) is 5.82. The molecule has 0 bridgehead atoms. The number of benzene rings is 1. The van der Waals surface area contributed by atoms with Crippen molar-refractivity contribution in [1.82, 2.24) is 20.3 Å². The van der Waals surface area contributed by atoms with Crippen LogP contribution < -0.4 is 16.4 Å². The number of fused-ring (bicyclic) bond motifs is 1. The first-order valence-corrected chi connectivity index (χ1v) is 9.12. The van der Waals surface area contributed by atoms with Gasteiger partial charge in [-0.2, -0.15) is 0 Å². The number of hydrogen-bond donors (Lipinski definition) is 3. The molecule has 1 aromatic carbocycles. The van der Waals surface area contributed by atoms with Crippen LogP contribution in [-0.4, -0.2) is 33.9 Å². The molecule has 140 valence electrons. The minimum Gasteiger partial charge on any atom is -0.366 e. The summed E-state index contributed by atoms with van der Waals surface area (Å²) in [6.07, 6.45) is 2.84. The van der Waals surface area contributed by atoms with Crippen LogP contribution >= 0.6 is 15.9 Å². The predicted octanol–water partition coefficient (Wildman–Crippen LogP) is 2.79. The fraction of sp³-hybridized carbons (Fsp3) is 0.222. The van der Waals surface area contributed by atoms with Gasteiger partial charge in [-0.25, -0.2) is 14.4 Å². The number of aromatic nitrogens is 3. The summed E-state index contributed by atoms with van der Waals surface area (Å²) in [5.74, 6) is -0.452. The Kier molecular flexibility index (Phi) is 5.92. The number of nitrogens with one attached hydrogen (secondary N) is 2. The second-order valence-corrected chi connectivity index (χ2v) is 6.67. The molecule has 0 saturated heterocycles. The number of likely N-dealkylation sites (N-methyl/N-ethyl adjacent to an activating group) is 1. The van der Waals surface area contributed by atoms with E-state index in [0.717, 1.165) is 12.1 Å². The van der Waals surface area contributed by atoms with Gasteiger partial charge in [-0.1, -0.05) is 13.0 Å². The molecule has 1 unspecified atom stereocenters. The highest BCUT2D eigenvalue weighted by Crippen LogP contribution is 2.26. The molecule has 3 aromatic rings. The number of pyridine rings is 1. The third kappa shape index (κ3) is 4.20. The molecular formula is C18H18BrFN6O. The van der Waals surface area contributed by atoms with E-state index in [0.29, 0.717) is 27.9 Å². The van der Waals surface area contributed by atoms with Gasteiger partial charge in [0.2, 0.25) is 0 Å². The van der Waals surface area contributed by atoms with Crippen molar-refractivity contribution in [2.45, 2.75) is 13.0 Å². The third-order valence-electron chi connectivity index (χ3n) is 4.04. The van der Waals surface area contributed by atoms with Gasteiger partial charge in [0, 0.05) is 12.7 Å². The first-order chi connectivity index (χ1) is 13.0. The van der Waals surface area contributed by atoms with Crippen molar-refractivity contribution >= 4 is 38.7 Å². The van der Waals surface area contributed by atoms with E-state index in [2.05, 4.69) is 41.5 Å². The molecule has 0 aliphatic heterocycles. The molecule has 7 nitrogen and oxygen atoms in total. The minimum absolute atomic E-state index is 0.209. The maximum atomic E-state index is 13.6. The van der Waals surface area contributed by atoms with Crippen LogP contribution in [0.15, 0.2) is 41.3 Å². The van der Waals surface area contributed by atoms with E-state index in [1.165, 1.54) is 24.7 Å². The Morgan fingerprint density at radius 2 is 2.07 bits per heavy atom. The van der Waals surface area contributed by atoms with Crippen molar-refractivity contribution in [1.29, 1.82) is 0 Å². The Morgan fingerprint density at radius 3 is 2.78 bits per heavy atom. The molecule has 9 heteroatoms. The van der Waals surface area contributed by atoms with Gasteiger partial charge >= 0.3 is 0 Å². The Bertz CT molecular complexity index is 983. The van der Waals surface area contributed by atoms with Gasteiger partial charge in [-0.3, -0.25) is 9.78 Å². The Balaban J connectivity index is 2.02. The molecule has 27 heavy (non-hydrogen) atoms. The summed E-state index contributed by atoms with van der Waals surface area (Å²) >= 11 is 3.22. The van der Waals surface area contributed by atoms with E-state index in [9.17, 15) is 9.18 Å². The Hall–Kier alpha value is -2.65. The van der Waals surface area contributed by atoms with Gasteiger partial charge in [0.1, 0.15) is 23.2 Å². The van der Waals surface area contributed by atoms with Crippen LogP contribution in [0.25, 0.3) is 11.0 Å². The molecule has 3 rings (SSSR count). The fourth-order valence-electron chi connectivity index (χ4n) is 2.70. The molecule has 0 aliphatic rings. The van der Waals surface area contributed by atoms with Crippen LogP contribution in [0.2, 0.25) is 0 Å². The molecule has 4 N–H and O–H groups in total. The van der Waals surface area contributed by atoms with E-state index in [1.807, 2.05) is 6.92 Å². The van der Waals surface area contributed by atoms with Crippen LogP contribution in [0, 0.1) is 5.82 Å². The zero-order valence-electron chi connectivity index (χ0n) is 14.5. The first kappa shape index (κ1) is 19.1. The zero-order chi connectivity index (χ0) is 19.4. The smallest absolute Gasteiger partial charge is 0.251 e. The summed E-state index contributed by atoms with van der Waals surface area (Å²) in [6.45, 7) is 3.35. The molecule has 0 fully saturated rings. The van der Waals surface area contributed by atoms with Crippen LogP contribution in [0.3, 0.4) is 0 Å². The molecule has 1 amide bonds. The Morgan fingerprint density at radius 1 is 1.26 bits per heavy atom. The predicted molar refractivity (Wildman–Crippen MR) is 105 cm³/mol. The number of halogens is 2. The number of hydrogen-bond acceptors (Lipinski definition) is 6. The summed E-state index contributed by atoms with van der Waals surface area (Å²) in [7, 11) is 0. The maximum absolute atomic E-state index is 13.6. The van der Waals surface area contributed by atoms with Crippen molar-refractivity contribution in [2.24, 2.45) is 5.73 Å². The molecular weight excluding hydrogens is 415 g/mol. The largest absolute Gasteiger partial charge is 0.366 e. The SMILES string of the molecule is CCNCC(Nc1ncnc2c(C(N)=O)ccnc12)c1ccc(F)c(Br)c1. The lowest BCUT2D eigenvalue weighted by Gasteiger charge is -2.21. The number of nitrogens with zero attached hydrogens (tertiary/aromatic N) is 3. The number of amides is 1. The van der Waals surface area contributed by atoms with Gasteiger partial charge in [-0.05, 0) is 46.2 Å².